The van der Waals surface area contributed by atoms with Crippen molar-refractivity contribution in [3.8, 4) is 17.4 Å². The van der Waals surface area contributed by atoms with Crippen molar-refractivity contribution in [1.82, 2.24) is 19.9 Å². The van der Waals surface area contributed by atoms with Gasteiger partial charge in [-0.05, 0) is 36.2 Å². The van der Waals surface area contributed by atoms with E-state index in [1.165, 1.54) is 19.2 Å². The standard InChI is InChI=1S/C19H16FN5O2/c1-3-14-11-9-13(20)15(27-2)10-12(11)19(26)25(14)16-5-8-23-18(24-16)17-21-6-4-7-22-17/h4-10,14H,3H2,1-2H3/t14-/m0/s1. The van der Waals surface area contributed by atoms with Crippen LogP contribution in [0.25, 0.3) is 11.6 Å². The Kier molecular flexibility index (Phi) is 4.23. The highest BCUT2D eigenvalue weighted by Gasteiger charge is 2.38. The second-order valence-electron chi connectivity index (χ2n) is 5.98. The average Bonchev–Trinajstić information content (AvgIpc) is 2.98. The lowest BCUT2D eigenvalue weighted by molar-refractivity contribution is 0.0989. The predicted octanol–water partition coefficient (Wildman–Crippen LogP) is 3.19. The molecule has 0 spiro atoms. The summed E-state index contributed by atoms with van der Waals surface area (Å²) in [5.41, 5.74) is 1.04. The fraction of sp³-hybridized carbons (Fsp3) is 0.211. The van der Waals surface area contributed by atoms with E-state index in [0.29, 0.717) is 35.0 Å². The van der Waals surface area contributed by atoms with Crippen molar-refractivity contribution in [1.29, 1.82) is 0 Å². The van der Waals surface area contributed by atoms with Gasteiger partial charge in [0.1, 0.15) is 5.82 Å². The van der Waals surface area contributed by atoms with Crippen LogP contribution in [0.1, 0.15) is 35.3 Å². The van der Waals surface area contributed by atoms with Gasteiger partial charge in [-0.25, -0.2) is 24.3 Å². The number of methoxy groups -OCH3 is 1. The molecular weight excluding hydrogens is 349 g/mol. The number of ether oxygens (including phenoxy) is 1. The van der Waals surface area contributed by atoms with Gasteiger partial charge in [0.05, 0.1) is 13.2 Å². The Bertz CT molecular complexity index is 1010. The molecule has 1 aromatic carbocycles. The second-order valence-corrected chi connectivity index (χ2v) is 5.98. The van der Waals surface area contributed by atoms with Crippen molar-refractivity contribution in [3.05, 3.63) is 59.8 Å². The van der Waals surface area contributed by atoms with E-state index in [1.807, 2.05) is 6.92 Å². The molecule has 1 aliphatic rings. The van der Waals surface area contributed by atoms with E-state index >= 15 is 0 Å². The SMILES string of the molecule is CC[C@H]1c2cc(F)c(OC)cc2C(=O)N1c1ccnc(-c2ncccn2)n1. The summed E-state index contributed by atoms with van der Waals surface area (Å²) in [5, 5.41) is 0. The molecule has 1 atom stereocenters. The number of carbonyl (C=O) groups is 1. The van der Waals surface area contributed by atoms with Crippen molar-refractivity contribution >= 4 is 11.7 Å². The molecule has 0 saturated heterocycles. The monoisotopic (exact) mass is 365 g/mol. The van der Waals surface area contributed by atoms with Gasteiger partial charge >= 0.3 is 0 Å². The van der Waals surface area contributed by atoms with Crippen LogP contribution in [0, 0.1) is 5.82 Å². The van der Waals surface area contributed by atoms with Crippen LogP contribution in [0.2, 0.25) is 0 Å². The highest BCUT2D eigenvalue weighted by molar-refractivity contribution is 6.10. The first-order valence-corrected chi connectivity index (χ1v) is 8.45. The quantitative estimate of drug-likeness (QED) is 0.706. The van der Waals surface area contributed by atoms with Crippen LogP contribution in [0.15, 0.2) is 42.9 Å². The number of halogens is 1. The molecule has 0 saturated carbocycles. The molecular formula is C19H16FN5O2. The third kappa shape index (κ3) is 2.79. The molecule has 0 unspecified atom stereocenters. The maximum absolute atomic E-state index is 14.2. The number of fused-ring (bicyclic) bond motifs is 1. The van der Waals surface area contributed by atoms with Crippen LogP contribution < -0.4 is 9.64 Å². The Morgan fingerprint density at radius 2 is 1.89 bits per heavy atom. The molecule has 27 heavy (non-hydrogen) atoms. The lowest BCUT2D eigenvalue weighted by Crippen LogP contribution is -2.28. The van der Waals surface area contributed by atoms with Crippen LogP contribution in [0.4, 0.5) is 10.2 Å². The largest absolute Gasteiger partial charge is 0.494 e. The summed E-state index contributed by atoms with van der Waals surface area (Å²) < 4.78 is 19.2. The number of aromatic nitrogens is 4. The average molecular weight is 365 g/mol. The van der Waals surface area contributed by atoms with Crippen LogP contribution in [-0.2, 0) is 0 Å². The number of anilines is 1. The maximum Gasteiger partial charge on any atom is 0.260 e. The van der Waals surface area contributed by atoms with Gasteiger partial charge in [0, 0.05) is 24.2 Å². The number of nitrogens with zero attached hydrogens (tertiary/aromatic N) is 5. The fourth-order valence-corrected chi connectivity index (χ4v) is 3.27. The van der Waals surface area contributed by atoms with Crippen LogP contribution >= 0.6 is 0 Å². The number of carbonyl (C=O) groups excluding carboxylic acids is 1. The highest BCUT2D eigenvalue weighted by Crippen LogP contribution is 2.41. The summed E-state index contributed by atoms with van der Waals surface area (Å²) in [6.07, 6.45) is 5.35. The highest BCUT2D eigenvalue weighted by atomic mass is 19.1. The number of hydrogen-bond acceptors (Lipinski definition) is 6. The number of rotatable bonds is 4. The minimum atomic E-state index is -0.495. The molecule has 0 aliphatic carbocycles. The van der Waals surface area contributed by atoms with E-state index in [4.69, 9.17) is 4.74 Å². The van der Waals surface area contributed by atoms with Crippen molar-refractivity contribution in [2.75, 3.05) is 12.0 Å². The summed E-state index contributed by atoms with van der Waals surface area (Å²) >= 11 is 0. The molecule has 0 radical (unpaired) electrons. The minimum absolute atomic E-state index is 0.0415. The Morgan fingerprint density at radius 3 is 2.59 bits per heavy atom. The first kappa shape index (κ1) is 17.0. The smallest absolute Gasteiger partial charge is 0.260 e. The molecule has 0 N–H and O–H groups in total. The van der Waals surface area contributed by atoms with E-state index in [2.05, 4.69) is 19.9 Å². The van der Waals surface area contributed by atoms with Gasteiger partial charge in [-0.3, -0.25) is 9.69 Å². The predicted molar refractivity (Wildman–Crippen MR) is 95.9 cm³/mol. The molecule has 3 aromatic rings. The van der Waals surface area contributed by atoms with Crippen molar-refractivity contribution in [2.45, 2.75) is 19.4 Å². The third-order valence-corrected chi connectivity index (χ3v) is 4.48. The topological polar surface area (TPSA) is 81.1 Å². The van der Waals surface area contributed by atoms with E-state index in [9.17, 15) is 9.18 Å². The Hall–Kier alpha value is -3.42. The first-order valence-electron chi connectivity index (χ1n) is 8.45. The third-order valence-electron chi connectivity index (χ3n) is 4.48. The molecule has 4 rings (SSSR count). The summed E-state index contributed by atoms with van der Waals surface area (Å²) in [4.78, 5) is 31.5. The van der Waals surface area contributed by atoms with Gasteiger partial charge in [0.25, 0.3) is 5.91 Å². The van der Waals surface area contributed by atoms with Gasteiger partial charge in [-0.2, -0.15) is 0 Å². The van der Waals surface area contributed by atoms with Gasteiger partial charge in [-0.1, -0.05) is 6.92 Å². The normalized spacial score (nSPS) is 15.7. The molecule has 0 bridgehead atoms. The molecule has 7 nitrogen and oxygen atoms in total. The molecule has 1 aliphatic heterocycles. The van der Waals surface area contributed by atoms with E-state index in [0.717, 1.165) is 0 Å². The Labute approximate surface area is 154 Å². The molecule has 2 aromatic heterocycles. The number of hydrogen-bond donors (Lipinski definition) is 0. The zero-order valence-corrected chi connectivity index (χ0v) is 14.8. The van der Waals surface area contributed by atoms with Crippen LogP contribution in [-0.4, -0.2) is 33.0 Å². The van der Waals surface area contributed by atoms with Crippen molar-refractivity contribution in [3.63, 3.8) is 0 Å². The van der Waals surface area contributed by atoms with Gasteiger partial charge in [-0.15, -0.1) is 0 Å². The molecule has 1 amide bonds. The zero-order valence-electron chi connectivity index (χ0n) is 14.8. The lowest BCUT2D eigenvalue weighted by atomic mass is 10.0. The number of amides is 1. The Morgan fingerprint density at radius 1 is 1.15 bits per heavy atom. The summed E-state index contributed by atoms with van der Waals surface area (Å²) in [6.45, 7) is 1.94. The lowest BCUT2D eigenvalue weighted by Gasteiger charge is -2.23. The van der Waals surface area contributed by atoms with Gasteiger partial charge < -0.3 is 4.74 Å². The van der Waals surface area contributed by atoms with Crippen molar-refractivity contribution in [2.24, 2.45) is 0 Å². The van der Waals surface area contributed by atoms with Crippen LogP contribution in [0.3, 0.4) is 0 Å². The van der Waals surface area contributed by atoms with E-state index in [-0.39, 0.29) is 17.7 Å². The molecule has 3 heterocycles. The maximum atomic E-state index is 14.2. The fourth-order valence-electron chi connectivity index (χ4n) is 3.27. The Balaban J connectivity index is 1.79. The summed E-state index contributed by atoms with van der Waals surface area (Å²) in [6, 6.07) is 5.82. The number of benzene rings is 1. The van der Waals surface area contributed by atoms with E-state index in [1.54, 1.807) is 35.6 Å². The second kappa shape index (κ2) is 6.71. The molecule has 8 heteroatoms. The summed E-state index contributed by atoms with van der Waals surface area (Å²) in [5.74, 6) is 0.388. The van der Waals surface area contributed by atoms with E-state index < -0.39 is 5.82 Å². The minimum Gasteiger partial charge on any atom is -0.494 e. The summed E-state index contributed by atoms with van der Waals surface area (Å²) in [7, 11) is 1.37. The van der Waals surface area contributed by atoms with Gasteiger partial charge in [0.2, 0.25) is 0 Å². The molecule has 136 valence electrons. The molecule has 0 fully saturated rings. The van der Waals surface area contributed by atoms with Crippen LogP contribution in [0.5, 0.6) is 5.75 Å². The van der Waals surface area contributed by atoms with Crippen molar-refractivity contribution < 1.29 is 13.9 Å². The first-order chi connectivity index (χ1) is 13.1. The van der Waals surface area contributed by atoms with Gasteiger partial charge in [0.15, 0.2) is 23.2 Å². The zero-order chi connectivity index (χ0) is 19.0.